The lowest BCUT2D eigenvalue weighted by molar-refractivity contribution is 0.521. The Kier molecular flexibility index (Phi) is 8.90. The van der Waals surface area contributed by atoms with Crippen LogP contribution in [0.2, 0.25) is 0 Å². The van der Waals surface area contributed by atoms with Crippen LogP contribution in [0.15, 0.2) is 206 Å². The van der Waals surface area contributed by atoms with Gasteiger partial charge in [0.25, 0.3) is 0 Å². The van der Waals surface area contributed by atoms with Crippen molar-refractivity contribution >= 4 is 34.1 Å². The summed E-state index contributed by atoms with van der Waals surface area (Å²) >= 11 is 0. The Bertz CT molecular complexity index is 2330. The van der Waals surface area contributed by atoms with Gasteiger partial charge in [0.05, 0.1) is 0 Å². The summed E-state index contributed by atoms with van der Waals surface area (Å²) in [6.45, 7) is 9.56. The van der Waals surface area contributed by atoms with E-state index in [-0.39, 0.29) is 10.8 Å². The van der Waals surface area contributed by atoms with Crippen molar-refractivity contribution in [1.29, 1.82) is 0 Å². The first-order valence-corrected chi connectivity index (χ1v) is 19.6. The Morgan fingerprint density at radius 1 is 0.250 bits per heavy atom. The smallest absolute Gasteiger partial charge is 0.0462 e. The highest BCUT2D eigenvalue weighted by molar-refractivity contribution is 5.81. The normalized spacial score (nSPS) is 13.6. The fourth-order valence-electron chi connectivity index (χ4n) is 8.67. The molecule has 56 heavy (non-hydrogen) atoms. The lowest BCUT2D eigenvalue weighted by Gasteiger charge is -2.44. The van der Waals surface area contributed by atoms with Crippen LogP contribution < -0.4 is 9.80 Å². The van der Waals surface area contributed by atoms with Gasteiger partial charge in [-0.15, -0.1) is 0 Å². The molecule has 0 fully saturated rings. The number of nitrogens with zero attached hydrogens (tertiary/aromatic N) is 2. The number of hydrogen-bond acceptors (Lipinski definition) is 2. The van der Waals surface area contributed by atoms with Gasteiger partial charge in [0, 0.05) is 45.0 Å². The Labute approximate surface area is 332 Å². The molecule has 2 heteroatoms. The van der Waals surface area contributed by atoms with Crippen LogP contribution in [-0.2, 0) is 10.8 Å². The van der Waals surface area contributed by atoms with Gasteiger partial charge in [-0.25, -0.2) is 0 Å². The molecule has 0 atom stereocenters. The van der Waals surface area contributed by atoms with E-state index < -0.39 is 0 Å². The zero-order valence-electron chi connectivity index (χ0n) is 32.5. The molecule has 0 N–H and O–H groups in total. The van der Waals surface area contributed by atoms with Gasteiger partial charge in [0.2, 0.25) is 0 Å². The fraction of sp³-hybridized carbons (Fsp3) is 0.111. The molecule has 0 heterocycles. The van der Waals surface area contributed by atoms with E-state index in [9.17, 15) is 0 Å². The second-order valence-electron chi connectivity index (χ2n) is 15.9. The number of hydrogen-bond donors (Lipinski definition) is 0. The molecule has 0 aliphatic heterocycles. The first-order chi connectivity index (χ1) is 27.3. The lowest BCUT2D eigenvalue weighted by atomic mass is 9.59. The summed E-state index contributed by atoms with van der Waals surface area (Å²) in [6, 6.07) is 74.7. The fourth-order valence-corrected chi connectivity index (χ4v) is 8.67. The minimum absolute atomic E-state index is 0.165. The molecule has 0 spiro atoms. The molecule has 2 nitrogen and oxygen atoms in total. The summed E-state index contributed by atoms with van der Waals surface area (Å²) in [4.78, 5) is 4.62. The summed E-state index contributed by atoms with van der Waals surface area (Å²) in [5, 5.41) is 0. The number of fused-ring (bicyclic) bond motifs is 2. The largest absolute Gasteiger partial charge is 0.311 e. The number of rotatable bonds is 8. The maximum Gasteiger partial charge on any atom is 0.0462 e. The predicted octanol–water partition coefficient (Wildman–Crippen LogP) is 14.9. The molecule has 1 aliphatic carbocycles. The second kappa shape index (κ2) is 14.2. The van der Waals surface area contributed by atoms with Crippen LogP contribution in [0.4, 0.5) is 34.1 Å². The van der Waals surface area contributed by atoms with Gasteiger partial charge < -0.3 is 9.80 Å². The molecule has 1 aliphatic rings. The highest BCUT2D eigenvalue weighted by atomic mass is 15.1. The summed E-state index contributed by atoms with van der Waals surface area (Å²) in [6.07, 6.45) is 0. The summed E-state index contributed by atoms with van der Waals surface area (Å²) in [7, 11) is 0. The molecular formula is C54H46N2. The number of para-hydroxylation sites is 4. The maximum absolute atomic E-state index is 2.44. The molecule has 8 aromatic carbocycles. The minimum Gasteiger partial charge on any atom is -0.311 e. The molecule has 0 radical (unpaired) electrons. The molecule has 0 saturated carbocycles. The van der Waals surface area contributed by atoms with Crippen molar-refractivity contribution in [2.24, 2.45) is 0 Å². The topological polar surface area (TPSA) is 6.48 Å². The summed E-state index contributed by atoms with van der Waals surface area (Å²) in [5.41, 5.74) is 17.0. The van der Waals surface area contributed by atoms with Gasteiger partial charge in [-0.2, -0.15) is 0 Å². The molecule has 9 rings (SSSR count). The van der Waals surface area contributed by atoms with Crippen molar-refractivity contribution in [1.82, 2.24) is 0 Å². The number of benzene rings is 8. The molecule has 0 bridgehead atoms. The highest BCUT2D eigenvalue weighted by Gasteiger charge is 2.41. The van der Waals surface area contributed by atoms with Gasteiger partial charge in [-0.05, 0) is 129 Å². The van der Waals surface area contributed by atoms with Gasteiger partial charge >= 0.3 is 0 Å². The van der Waals surface area contributed by atoms with Crippen molar-refractivity contribution in [2.45, 2.75) is 38.5 Å². The highest BCUT2D eigenvalue weighted by Crippen LogP contribution is 2.51. The Morgan fingerprint density at radius 2 is 0.500 bits per heavy atom. The SMILES string of the molecule is CC1(C)c2ccc(-c3ccc(N(c4ccccc4)c4ccccc4)cc3)cc2C(C)(C)c2ccc(-c3ccc(N(c4ccccc4)c4ccccc4)cc3)cc21. The van der Waals surface area contributed by atoms with Crippen LogP contribution >= 0.6 is 0 Å². The molecule has 0 unspecified atom stereocenters. The molecular weight excluding hydrogens is 677 g/mol. The van der Waals surface area contributed by atoms with Crippen LogP contribution in [0.25, 0.3) is 22.3 Å². The Balaban J connectivity index is 1.03. The van der Waals surface area contributed by atoms with Crippen molar-refractivity contribution in [2.75, 3.05) is 9.80 Å². The summed E-state index contributed by atoms with van der Waals surface area (Å²) < 4.78 is 0. The van der Waals surface area contributed by atoms with E-state index in [1.165, 1.54) is 44.5 Å². The number of anilines is 6. The molecule has 8 aromatic rings. The van der Waals surface area contributed by atoms with Gasteiger partial charge in [-0.3, -0.25) is 0 Å². The Hall–Kier alpha value is -6.64. The van der Waals surface area contributed by atoms with Crippen molar-refractivity contribution in [3.63, 3.8) is 0 Å². The standard InChI is InChI=1S/C54H46N2/c1-53(2)49-35-29-42(40-27-33-48(34-28-40)56(45-21-13-7-14-22-45)46-23-15-8-16-24-46)38-52(49)54(3,4)50-36-30-41(37-51(50)53)39-25-31-47(32-26-39)55(43-17-9-5-10-18-43)44-19-11-6-12-20-44/h5-38H,1-4H3. The third-order valence-electron chi connectivity index (χ3n) is 11.7. The third-order valence-corrected chi connectivity index (χ3v) is 11.7. The van der Waals surface area contributed by atoms with E-state index >= 15 is 0 Å². The minimum atomic E-state index is -0.165. The second-order valence-corrected chi connectivity index (χ2v) is 15.9. The van der Waals surface area contributed by atoms with Crippen LogP contribution in [0.1, 0.15) is 49.9 Å². The average molecular weight is 723 g/mol. The monoisotopic (exact) mass is 722 g/mol. The van der Waals surface area contributed by atoms with Gasteiger partial charge in [0.15, 0.2) is 0 Å². The first kappa shape index (κ1) is 35.1. The average Bonchev–Trinajstić information content (AvgIpc) is 3.25. The van der Waals surface area contributed by atoms with Crippen LogP contribution in [-0.4, -0.2) is 0 Å². The molecule has 0 amide bonds. The lowest BCUT2D eigenvalue weighted by Crippen LogP contribution is -2.36. The van der Waals surface area contributed by atoms with E-state index in [1.54, 1.807) is 0 Å². The van der Waals surface area contributed by atoms with E-state index in [2.05, 4.69) is 244 Å². The molecule has 272 valence electrons. The molecule has 0 saturated heterocycles. The van der Waals surface area contributed by atoms with Gasteiger partial charge in [0.1, 0.15) is 0 Å². The maximum atomic E-state index is 2.44. The van der Waals surface area contributed by atoms with Crippen LogP contribution in [0.5, 0.6) is 0 Å². The van der Waals surface area contributed by atoms with Crippen LogP contribution in [0.3, 0.4) is 0 Å². The Morgan fingerprint density at radius 3 is 0.786 bits per heavy atom. The van der Waals surface area contributed by atoms with E-state index in [4.69, 9.17) is 0 Å². The third kappa shape index (κ3) is 6.28. The van der Waals surface area contributed by atoms with E-state index in [0.29, 0.717) is 0 Å². The zero-order chi connectivity index (χ0) is 38.3. The van der Waals surface area contributed by atoms with Crippen molar-refractivity contribution in [3.05, 3.63) is 229 Å². The van der Waals surface area contributed by atoms with E-state index in [0.717, 1.165) is 34.1 Å². The van der Waals surface area contributed by atoms with Crippen molar-refractivity contribution in [3.8, 4) is 22.3 Å². The van der Waals surface area contributed by atoms with Gasteiger partial charge in [-0.1, -0.05) is 149 Å². The summed E-state index contributed by atoms with van der Waals surface area (Å²) in [5.74, 6) is 0. The first-order valence-electron chi connectivity index (χ1n) is 19.6. The van der Waals surface area contributed by atoms with E-state index in [1.807, 2.05) is 0 Å². The quantitative estimate of drug-likeness (QED) is 0.154. The predicted molar refractivity (Wildman–Crippen MR) is 237 cm³/mol. The molecule has 0 aromatic heterocycles. The van der Waals surface area contributed by atoms with Crippen molar-refractivity contribution < 1.29 is 0 Å². The van der Waals surface area contributed by atoms with Crippen LogP contribution in [0, 0.1) is 0 Å². The zero-order valence-corrected chi connectivity index (χ0v) is 32.5.